The van der Waals surface area contributed by atoms with Crippen LogP contribution < -0.4 is 10.9 Å². The predicted octanol–water partition coefficient (Wildman–Crippen LogP) is 0.922. The average Bonchev–Trinajstić information content (AvgIpc) is 2.59. The molecule has 25 heavy (non-hydrogen) atoms. The molecule has 1 fully saturated rings. The number of nitrogens with one attached hydrogen (secondary N) is 1. The number of fused-ring (bicyclic) bond motifs is 1. The maximum atomic E-state index is 12.4. The molecule has 7 nitrogen and oxygen atoms in total. The highest BCUT2D eigenvalue weighted by Gasteiger charge is 2.26. The Morgan fingerprint density at radius 1 is 1.36 bits per heavy atom. The fraction of sp³-hybridized carbons (Fsp3) is 0.500. The second-order valence-corrected chi connectivity index (χ2v) is 6.68. The normalized spacial score (nSPS) is 22.7. The Kier molecular flexibility index (Phi) is 5.15. The van der Waals surface area contributed by atoms with Gasteiger partial charge in [0, 0.05) is 38.1 Å². The number of carbonyl (C=O) groups is 1. The molecule has 0 saturated carbocycles. The Labute approximate surface area is 146 Å². The number of pyridine rings is 1. The first-order chi connectivity index (χ1) is 12.0. The van der Waals surface area contributed by atoms with Gasteiger partial charge in [0.1, 0.15) is 11.2 Å². The summed E-state index contributed by atoms with van der Waals surface area (Å²) in [4.78, 5) is 31.3. The van der Waals surface area contributed by atoms with Crippen LogP contribution in [0.1, 0.15) is 31.1 Å². The molecule has 2 aromatic heterocycles. The Morgan fingerprint density at radius 3 is 2.80 bits per heavy atom. The van der Waals surface area contributed by atoms with Crippen molar-refractivity contribution in [2.45, 2.75) is 39.0 Å². The summed E-state index contributed by atoms with van der Waals surface area (Å²) in [6.07, 6.45) is 3.31. The smallest absolute Gasteiger partial charge is 0.270 e. The fourth-order valence-corrected chi connectivity index (χ4v) is 3.22. The predicted molar refractivity (Wildman–Crippen MR) is 94.8 cm³/mol. The van der Waals surface area contributed by atoms with Crippen LogP contribution in [0.15, 0.2) is 35.4 Å². The summed E-state index contributed by atoms with van der Waals surface area (Å²) in [6, 6.07) is 5.42. The number of aromatic nitrogens is 2. The molecule has 0 aliphatic carbocycles. The third-order valence-corrected chi connectivity index (χ3v) is 4.49. The molecular formula is C18H24N4O3. The van der Waals surface area contributed by atoms with Crippen LogP contribution in [0.5, 0.6) is 0 Å². The van der Waals surface area contributed by atoms with Gasteiger partial charge in [0.25, 0.3) is 11.5 Å². The van der Waals surface area contributed by atoms with E-state index in [1.165, 1.54) is 10.6 Å². The summed E-state index contributed by atoms with van der Waals surface area (Å²) in [5.41, 5.74) is 0.220. The standard InChI is InChI=1S/C18H24N4O3/c1-12(21-10-13(2)25-14(3)11-21)8-20-17(23)15-9-19-16-6-4-5-7-22(16)18(15)24/h4-7,9,12-14H,8,10-11H2,1-3H3,(H,20,23). The van der Waals surface area contributed by atoms with Crippen molar-refractivity contribution < 1.29 is 9.53 Å². The van der Waals surface area contributed by atoms with Crippen LogP contribution >= 0.6 is 0 Å². The number of hydrogen-bond donors (Lipinski definition) is 1. The monoisotopic (exact) mass is 344 g/mol. The summed E-state index contributed by atoms with van der Waals surface area (Å²) in [5, 5.41) is 2.86. The van der Waals surface area contributed by atoms with Gasteiger partial charge in [0.15, 0.2) is 0 Å². The lowest BCUT2D eigenvalue weighted by Crippen LogP contribution is -2.52. The Balaban J connectivity index is 1.66. The minimum absolute atomic E-state index is 0.0552. The van der Waals surface area contributed by atoms with E-state index in [2.05, 4.69) is 36.0 Å². The minimum Gasteiger partial charge on any atom is -0.373 e. The molecule has 3 unspecified atom stereocenters. The van der Waals surface area contributed by atoms with Crippen LogP contribution in [0.3, 0.4) is 0 Å². The average molecular weight is 344 g/mol. The Hall–Kier alpha value is -2.25. The van der Waals surface area contributed by atoms with Gasteiger partial charge < -0.3 is 10.1 Å². The summed E-state index contributed by atoms with van der Waals surface area (Å²) >= 11 is 0. The van der Waals surface area contributed by atoms with Gasteiger partial charge in [-0.1, -0.05) is 6.07 Å². The Bertz CT molecular complexity index is 809. The largest absolute Gasteiger partial charge is 0.373 e. The van der Waals surface area contributed by atoms with Gasteiger partial charge in [-0.25, -0.2) is 4.98 Å². The van der Waals surface area contributed by atoms with Crippen molar-refractivity contribution in [3.8, 4) is 0 Å². The Morgan fingerprint density at radius 2 is 2.08 bits per heavy atom. The highest BCUT2D eigenvalue weighted by Crippen LogP contribution is 2.13. The molecule has 134 valence electrons. The highest BCUT2D eigenvalue weighted by molar-refractivity contribution is 5.93. The first-order valence-corrected chi connectivity index (χ1v) is 8.60. The van der Waals surface area contributed by atoms with E-state index in [1.54, 1.807) is 24.4 Å². The van der Waals surface area contributed by atoms with E-state index < -0.39 is 5.91 Å². The van der Waals surface area contributed by atoms with Gasteiger partial charge in [0.05, 0.1) is 12.2 Å². The number of nitrogens with zero attached hydrogens (tertiary/aromatic N) is 3. The van der Waals surface area contributed by atoms with E-state index in [1.807, 2.05) is 0 Å². The highest BCUT2D eigenvalue weighted by atomic mass is 16.5. The van der Waals surface area contributed by atoms with Crippen molar-refractivity contribution in [2.24, 2.45) is 0 Å². The van der Waals surface area contributed by atoms with Crippen LogP contribution in [0.25, 0.3) is 5.65 Å². The van der Waals surface area contributed by atoms with Crippen LogP contribution in [0.2, 0.25) is 0 Å². The zero-order valence-corrected chi connectivity index (χ0v) is 14.8. The number of rotatable bonds is 4. The maximum absolute atomic E-state index is 12.4. The first-order valence-electron chi connectivity index (χ1n) is 8.60. The molecule has 0 spiro atoms. The van der Waals surface area contributed by atoms with Crippen molar-refractivity contribution in [1.29, 1.82) is 0 Å². The van der Waals surface area contributed by atoms with Crippen molar-refractivity contribution in [3.05, 3.63) is 46.5 Å². The lowest BCUT2D eigenvalue weighted by molar-refractivity contribution is -0.0778. The molecule has 1 aliphatic rings. The third kappa shape index (κ3) is 3.88. The van der Waals surface area contributed by atoms with Crippen molar-refractivity contribution in [3.63, 3.8) is 0 Å². The van der Waals surface area contributed by atoms with Crippen molar-refractivity contribution >= 4 is 11.6 Å². The van der Waals surface area contributed by atoms with Gasteiger partial charge in [-0.3, -0.25) is 18.9 Å². The summed E-state index contributed by atoms with van der Waals surface area (Å²) < 4.78 is 7.12. The summed E-state index contributed by atoms with van der Waals surface area (Å²) in [5.74, 6) is -0.392. The number of hydrogen-bond acceptors (Lipinski definition) is 5. The number of amides is 1. The molecular weight excluding hydrogens is 320 g/mol. The van der Waals surface area contributed by atoms with E-state index in [0.29, 0.717) is 12.2 Å². The fourth-order valence-electron chi connectivity index (χ4n) is 3.22. The van der Waals surface area contributed by atoms with E-state index in [0.717, 1.165) is 13.1 Å². The van der Waals surface area contributed by atoms with Gasteiger partial charge in [-0.2, -0.15) is 0 Å². The molecule has 3 rings (SSSR count). The molecule has 1 amide bonds. The van der Waals surface area contributed by atoms with Crippen LogP contribution in [-0.4, -0.2) is 58.1 Å². The zero-order valence-electron chi connectivity index (χ0n) is 14.8. The van der Waals surface area contributed by atoms with E-state index in [4.69, 9.17) is 4.74 Å². The second-order valence-electron chi connectivity index (χ2n) is 6.68. The van der Waals surface area contributed by atoms with Crippen molar-refractivity contribution in [2.75, 3.05) is 19.6 Å². The van der Waals surface area contributed by atoms with Gasteiger partial charge in [0.2, 0.25) is 0 Å². The van der Waals surface area contributed by atoms with Gasteiger partial charge in [-0.15, -0.1) is 0 Å². The van der Waals surface area contributed by atoms with E-state index >= 15 is 0 Å². The van der Waals surface area contributed by atoms with E-state index in [-0.39, 0.29) is 29.4 Å². The molecule has 1 N–H and O–H groups in total. The topological polar surface area (TPSA) is 75.9 Å². The van der Waals surface area contributed by atoms with Crippen molar-refractivity contribution in [1.82, 2.24) is 19.6 Å². The van der Waals surface area contributed by atoms with Gasteiger partial charge in [-0.05, 0) is 32.9 Å². The molecule has 3 heterocycles. The minimum atomic E-state index is -0.392. The van der Waals surface area contributed by atoms with Crippen LogP contribution in [0.4, 0.5) is 0 Å². The molecule has 1 saturated heterocycles. The third-order valence-electron chi connectivity index (χ3n) is 4.49. The zero-order chi connectivity index (χ0) is 18.0. The molecule has 3 atom stereocenters. The number of carbonyl (C=O) groups excluding carboxylic acids is 1. The second kappa shape index (κ2) is 7.33. The number of morpholine rings is 1. The maximum Gasteiger partial charge on any atom is 0.270 e. The molecule has 0 radical (unpaired) electrons. The lowest BCUT2D eigenvalue weighted by atomic mass is 10.1. The molecule has 7 heteroatoms. The van der Waals surface area contributed by atoms with Crippen LogP contribution in [-0.2, 0) is 4.74 Å². The first kappa shape index (κ1) is 17.6. The SMILES string of the molecule is CC1CN(C(C)CNC(=O)c2cnc3ccccn3c2=O)CC(C)O1. The molecule has 0 aromatic carbocycles. The molecule has 2 aromatic rings. The number of ether oxygens (including phenoxy) is 1. The molecule has 0 bridgehead atoms. The molecule has 1 aliphatic heterocycles. The van der Waals surface area contributed by atoms with Gasteiger partial charge >= 0.3 is 0 Å². The quantitative estimate of drug-likeness (QED) is 0.893. The van der Waals surface area contributed by atoms with E-state index in [9.17, 15) is 9.59 Å². The van der Waals surface area contributed by atoms with Crippen LogP contribution in [0, 0.1) is 0 Å². The lowest BCUT2D eigenvalue weighted by Gasteiger charge is -2.38. The summed E-state index contributed by atoms with van der Waals surface area (Å²) in [7, 11) is 0. The summed E-state index contributed by atoms with van der Waals surface area (Å²) in [6.45, 7) is 8.31.